The summed E-state index contributed by atoms with van der Waals surface area (Å²) >= 11 is 0. The minimum atomic E-state index is -0.605. The first kappa shape index (κ1) is 22.4. The van der Waals surface area contributed by atoms with Gasteiger partial charge in [0.1, 0.15) is 0 Å². The molecule has 164 valence electrons. The Morgan fingerprint density at radius 3 is 2.26 bits per heavy atom. The predicted molar refractivity (Wildman–Crippen MR) is 119 cm³/mol. The molecule has 3 rings (SSSR count). The molecule has 1 heterocycles. The van der Waals surface area contributed by atoms with Crippen LogP contribution in [0.15, 0.2) is 53.8 Å². The summed E-state index contributed by atoms with van der Waals surface area (Å²) in [5.41, 5.74) is 3.08. The highest BCUT2D eigenvalue weighted by Gasteiger charge is 2.42. The summed E-state index contributed by atoms with van der Waals surface area (Å²) in [5, 5.41) is 10.5. The summed E-state index contributed by atoms with van der Waals surface area (Å²) in [6.45, 7) is 5.93. The molecule has 31 heavy (non-hydrogen) atoms. The topological polar surface area (TPSA) is 76.1 Å². The fourth-order valence-corrected chi connectivity index (χ4v) is 3.94. The maximum absolute atomic E-state index is 12.8. The Labute approximate surface area is 183 Å². The molecule has 0 spiro atoms. The average Bonchev–Trinajstić information content (AvgIpc) is 3.02. The van der Waals surface area contributed by atoms with E-state index < -0.39 is 17.7 Å². The van der Waals surface area contributed by atoms with Crippen molar-refractivity contribution in [3.63, 3.8) is 0 Å². The van der Waals surface area contributed by atoms with Gasteiger partial charge in [0.2, 0.25) is 0 Å². The molecule has 0 bridgehead atoms. The molecule has 1 aliphatic rings. The smallest absolute Gasteiger partial charge is 0.290 e. The van der Waals surface area contributed by atoms with Crippen molar-refractivity contribution in [2.24, 2.45) is 0 Å². The lowest BCUT2D eigenvalue weighted by atomic mass is 9.94. The molecule has 1 amide bonds. The van der Waals surface area contributed by atoms with Crippen LogP contribution >= 0.6 is 0 Å². The molecule has 0 aromatic heterocycles. The number of hydrogen-bond acceptors (Lipinski definition) is 5. The number of Topliss-reactive ketones (excluding diaryl/α,β-unsaturated/α-hetero) is 1. The van der Waals surface area contributed by atoms with Gasteiger partial charge in [-0.15, -0.1) is 0 Å². The standard InChI is InChI=1S/C25H29NO5/c1-15(2)18-7-9-19(10-8-18)23-22(16(3)27)24(28)25(29)26(23)13-12-17-6-11-20(30-4)21(14-17)31-5/h6-11,14-15,23,28H,12-13H2,1-5H3/t23-/m1/s1. The largest absolute Gasteiger partial charge is 0.503 e. The number of rotatable bonds is 8. The summed E-state index contributed by atoms with van der Waals surface area (Å²) in [6.07, 6.45) is 0.533. The maximum atomic E-state index is 12.8. The van der Waals surface area contributed by atoms with Gasteiger partial charge in [-0.25, -0.2) is 0 Å². The van der Waals surface area contributed by atoms with E-state index in [1.807, 2.05) is 42.5 Å². The van der Waals surface area contributed by atoms with Crippen molar-refractivity contribution in [2.75, 3.05) is 20.8 Å². The first-order valence-electron chi connectivity index (χ1n) is 10.3. The molecule has 2 aromatic rings. The van der Waals surface area contributed by atoms with Gasteiger partial charge < -0.3 is 19.5 Å². The third-order valence-corrected chi connectivity index (χ3v) is 5.69. The zero-order valence-corrected chi connectivity index (χ0v) is 18.6. The van der Waals surface area contributed by atoms with Crippen molar-refractivity contribution in [1.29, 1.82) is 0 Å². The average molecular weight is 424 g/mol. The highest BCUT2D eigenvalue weighted by atomic mass is 16.5. The molecule has 2 aromatic carbocycles. The van der Waals surface area contributed by atoms with E-state index in [0.29, 0.717) is 30.4 Å². The van der Waals surface area contributed by atoms with Gasteiger partial charge in [0.05, 0.1) is 25.8 Å². The number of aliphatic hydroxyl groups excluding tert-OH is 1. The second-order valence-electron chi connectivity index (χ2n) is 7.98. The van der Waals surface area contributed by atoms with E-state index in [2.05, 4.69) is 13.8 Å². The quantitative estimate of drug-likeness (QED) is 0.683. The molecule has 0 aliphatic carbocycles. The van der Waals surface area contributed by atoms with Gasteiger partial charge in [-0.3, -0.25) is 9.59 Å². The number of hydrogen-bond donors (Lipinski definition) is 1. The Hall–Kier alpha value is -3.28. The predicted octanol–water partition coefficient (Wildman–Crippen LogP) is 4.35. The minimum Gasteiger partial charge on any atom is -0.503 e. The van der Waals surface area contributed by atoms with Crippen molar-refractivity contribution in [2.45, 2.75) is 39.2 Å². The lowest BCUT2D eigenvalue weighted by molar-refractivity contribution is -0.129. The Kier molecular flexibility index (Phi) is 6.68. The number of ether oxygens (including phenoxy) is 2. The van der Waals surface area contributed by atoms with E-state index in [0.717, 1.165) is 11.1 Å². The van der Waals surface area contributed by atoms with E-state index in [4.69, 9.17) is 9.47 Å². The Balaban J connectivity index is 1.90. The van der Waals surface area contributed by atoms with Gasteiger partial charge >= 0.3 is 0 Å². The van der Waals surface area contributed by atoms with E-state index in [1.165, 1.54) is 12.5 Å². The molecule has 0 saturated carbocycles. The maximum Gasteiger partial charge on any atom is 0.290 e. The van der Waals surface area contributed by atoms with E-state index in [9.17, 15) is 14.7 Å². The first-order chi connectivity index (χ1) is 14.8. The van der Waals surface area contributed by atoms with Gasteiger partial charge in [-0.1, -0.05) is 44.2 Å². The zero-order chi connectivity index (χ0) is 22.7. The molecule has 0 unspecified atom stereocenters. The first-order valence-corrected chi connectivity index (χ1v) is 10.3. The van der Waals surface area contributed by atoms with Gasteiger partial charge in [0, 0.05) is 6.54 Å². The number of aliphatic hydroxyl groups is 1. The highest BCUT2D eigenvalue weighted by molar-refractivity contribution is 6.08. The molecule has 0 fully saturated rings. The number of amides is 1. The van der Waals surface area contributed by atoms with Crippen LogP contribution in [0.1, 0.15) is 49.4 Å². The van der Waals surface area contributed by atoms with Crippen LogP contribution in [0.4, 0.5) is 0 Å². The Morgan fingerprint density at radius 2 is 1.71 bits per heavy atom. The summed E-state index contributed by atoms with van der Waals surface area (Å²) in [7, 11) is 3.15. The molecule has 1 atom stereocenters. The van der Waals surface area contributed by atoms with Crippen LogP contribution in [-0.2, 0) is 16.0 Å². The van der Waals surface area contributed by atoms with Crippen LogP contribution in [0, 0.1) is 0 Å². The molecule has 6 heteroatoms. The van der Waals surface area contributed by atoms with E-state index in [1.54, 1.807) is 19.1 Å². The van der Waals surface area contributed by atoms with E-state index >= 15 is 0 Å². The summed E-state index contributed by atoms with van der Waals surface area (Å²) in [6, 6.07) is 12.9. The zero-order valence-electron chi connectivity index (χ0n) is 18.6. The van der Waals surface area contributed by atoms with Gasteiger partial charge in [-0.05, 0) is 48.1 Å². The van der Waals surface area contributed by atoms with E-state index in [-0.39, 0.29) is 11.4 Å². The third kappa shape index (κ3) is 4.43. The van der Waals surface area contributed by atoms with Gasteiger partial charge in [0.15, 0.2) is 23.0 Å². The van der Waals surface area contributed by atoms with Crippen LogP contribution in [0.2, 0.25) is 0 Å². The van der Waals surface area contributed by atoms with Crippen molar-refractivity contribution >= 4 is 11.7 Å². The van der Waals surface area contributed by atoms with Crippen molar-refractivity contribution in [3.8, 4) is 11.5 Å². The number of carbonyl (C=O) groups excluding carboxylic acids is 2. The van der Waals surface area contributed by atoms with Crippen molar-refractivity contribution in [1.82, 2.24) is 4.90 Å². The van der Waals surface area contributed by atoms with Crippen LogP contribution in [0.3, 0.4) is 0 Å². The number of nitrogens with zero attached hydrogens (tertiary/aromatic N) is 1. The van der Waals surface area contributed by atoms with Gasteiger partial charge in [-0.2, -0.15) is 0 Å². The lowest BCUT2D eigenvalue weighted by Crippen LogP contribution is -2.33. The number of carbonyl (C=O) groups is 2. The molecule has 1 N–H and O–H groups in total. The third-order valence-electron chi connectivity index (χ3n) is 5.69. The highest BCUT2D eigenvalue weighted by Crippen LogP contribution is 2.38. The molecule has 6 nitrogen and oxygen atoms in total. The molecule has 0 saturated heterocycles. The monoisotopic (exact) mass is 423 g/mol. The lowest BCUT2D eigenvalue weighted by Gasteiger charge is -2.27. The van der Waals surface area contributed by atoms with Crippen LogP contribution in [0.5, 0.6) is 11.5 Å². The van der Waals surface area contributed by atoms with Crippen LogP contribution in [0.25, 0.3) is 0 Å². The van der Waals surface area contributed by atoms with Crippen LogP contribution < -0.4 is 9.47 Å². The second kappa shape index (κ2) is 9.25. The number of methoxy groups -OCH3 is 2. The number of benzene rings is 2. The Bertz CT molecular complexity index is 1010. The number of ketones is 1. The van der Waals surface area contributed by atoms with Crippen molar-refractivity contribution in [3.05, 3.63) is 70.5 Å². The Morgan fingerprint density at radius 1 is 1.06 bits per heavy atom. The summed E-state index contributed by atoms with van der Waals surface area (Å²) in [4.78, 5) is 26.7. The SMILES string of the molecule is COc1ccc(CCN2C(=O)C(O)=C(C(C)=O)[C@H]2c2ccc(C(C)C)cc2)cc1OC. The molecule has 1 aliphatic heterocycles. The minimum absolute atomic E-state index is 0.148. The molecule has 0 radical (unpaired) electrons. The normalized spacial score (nSPS) is 16.3. The molecular weight excluding hydrogens is 394 g/mol. The molecular formula is C25H29NO5. The second-order valence-corrected chi connectivity index (χ2v) is 7.98. The van der Waals surface area contributed by atoms with Gasteiger partial charge in [0.25, 0.3) is 5.91 Å². The fraction of sp³-hybridized carbons (Fsp3) is 0.360. The summed E-state index contributed by atoms with van der Waals surface area (Å²) < 4.78 is 10.6. The summed E-state index contributed by atoms with van der Waals surface area (Å²) in [5.74, 6) is 0.319. The van der Waals surface area contributed by atoms with Crippen LogP contribution in [-0.4, -0.2) is 42.5 Å². The van der Waals surface area contributed by atoms with Crippen molar-refractivity contribution < 1.29 is 24.2 Å². The fourth-order valence-electron chi connectivity index (χ4n) is 3.94.